The zero-order valence-electron chi connectivity index (χ0n) is 11.1. The molecule has 2 rings (SSSR count). The molecule has 0 bridgehead atoms. The summed E-state index contributed by atoms with van der Waals surface area (Å²) in [5.41, 5.74) is 3.91. The minimum atomic E-state index is -4.65. The zero-order chi connectivity index (χ0) is 15.5. The third kappa shape index (κ3) is 3.78. The fourth-order valence-corrected chi connectivity index (χ4v) is 1.61. The molecular weight excluding hydrogens is 285 g/mol. The standard InChI is InChI=1S/C12H13F3N6/c1-7-2-3-17-5-8(7)6-18-9-4-10(21-16)20-11(19-9)12(13,14)15/h2-5H,6,16H2,1H3,(H2,18,19,20,21). The van der Waals surface area contributed by atoms with Gasteiger partial charge in [-0.3, -0.25) is 4.98 Å². The van der Waals surface area contributed by atoms with Crippen molar-refractivity contribution in [2.24, 2.45) is 5.84 Å². The van der Waals surface area contributed by atoms with Gasteiger partial charge in [0.25, 0.3) is 0 Å². The Hall–Kier alpha value is -2.42. The molecule has 0 fully saturated rings. The van der Waals surface area contributed by atoms with E-state index < -0.39 is 12.0 Å². The molecule has 0 saturated heterocycles. The van der Waals surface area contributed by atoms with Gasteiger partial charge in [-0.15, -0.1) is 0 Å². The Morgan fingerprint density at radius 1 is 1.24 bits per heavy atom. The number of nitrogen functional groups attached to an aromatic ring is 1. The second-order valence-electron chi connectivity index (χ2n) is 4.26. The molecule has 0 aliphatic heterocycles. The molecule has 112 valence electrons. The van der Waals surface area contributed by atoms with Crippen molar-refractivity contribution >= 4 is 11.6 Å². The lowest BCUT2D eigenvalue weighted by molar-refractivity contribution is -0.144. The lowest BCUT2D eigenvalue weighted by Gasteiger charge is -2.12. The van der Waals surface area contributed by atoms with Crippen LogP contribution in [0.4, 0.5) is 24.8 Å². The van der Waals surface area contributed by atoms with Crippen LogP contribution in [-0.4, -0.2) is 15.0 Å². The first kappa shape index (κ1) is 15.0. The summed E-state index contributed by atoms with van der Waals surface area (Å²) in [4.78, 5) is 10.7. The molecule has 2 heterocycles. The maximum Gasteiger partial charge on any atom is 0.451 e. The van der Waals surface area contributed by atoms with Crippen molar-refractivity contribution in [1.82, 2.24) is 15.0 Å². The molecule has 0 unspecified atom stereocenters. The lowest BCUT2D eigenvalue weighted by atomic mass is 10.1. The topological polar surface area (TPSA) is 88.8 Å². The normalized spacial score (nSPS) is 11.3. The Kier molecular flexibility index (Phi) is 4.22. The molecule has 0 aromatic carbocycles. The Morgan fingerprint density at radius 2 is 1.95 bits per heavy atom. The van der Waals surface area contributed by atoms with Gasteiger partial charge in [0, 0.05) is 25.0 Å². The molecule has 0 aliphatic carbocycles. The maximum atomic E-state index is 12.7. The number of anilines is 2. The average molecular weight is 298 g/mol. The second kappa shape index (κ2) is 5.92. The number of hydrazine groups is 1. The number of pyridine rings is 1. The van der Waals surface area contributed by atoms with Crippen LogP contribution in [0.5, 0.6) is 0 Å². The van der Waals surface area contributed by atoms with Crippen LogP contribution >= 0.6 is 0 Å². The van der Waals surface area contributed by atoms with Crippen LogP contribution in [0.2, 0.25) is 0 Å². The van der Waals surface area contributed by atoms with Crippen LogP contribution < -0.4 is 16.6 Å². The molecule has 0 radical (unpaired) electrons. The molecule has 21 heavy (non-hydrogen) atoms. The predicted octanol–water partition coefficient (Wildman–Crippen LogP) is 2.10. The molecule has 2 aromatic heterocycles. The number of nitrogens with one attached hydrogen (secondary N) is 2. The van der Waals surface area contributed by atoms with Crippen molar-refractivity contribution in [2.75, 3.05) is 10.7 Å². The van der Waals surface area contributed by atoms with Crippen molar-refractivity contribution in [3.8, 4) is 0 Å². The highest BCUT2D eigenvalue weighted by molar-refractivity contribution is 5.47. The van der Waals surface area contributed by atoms with Gasteiger partial charge in [-0.1, -0.05) is 0 Å². The number of nitrogens with two attached hydrogens (primary N) is 1. The van der Waals surface area contributed by atoms with E-state index in [9.17, 15) is 13.2 Å². The van der Waals surface area contributed by atoms with Gasteiger partial charge in [0.15, 0.2) is 0 Å². The summed E-state index contributed by atoms with van der Waals surface area (Å²) in [5.74, 6) is 3.76. The Balaban J connectivity index is 2.22. The fourth-order valence-electron chi connectivity index (χ4n) is 1.61. The molecule has 0 saturated carbocycles. The van der Waals surface area contributed by atoms with Crippen molar-refractivity contribution in [2.45, 2.75) is 19.6 Å². The molecular formula is C12H13F3N6. The van der Waals surface area contributed by atoms with Crippen LogP contribution in [-0.2, 0) is 12.7 Å². The van der Waals surface area contributed by atoms with E-state index in [-0.39, 0.29) is 18.2 Å². The smallest absolute Gasteiger partial charge is 0.366 e. The molecule has 4 N–H and O–H groups in total. The molecule has 0 amide bonds. The lowest BCUT2D eigenvalue weighted by Crippen LogP contribution is -2.17. The van der Waals surface area contributed by atoms with Crippen molar-refractivity contribution in [1.29, 1.82) is 0 Å². The highest BCUT2D eigenvalue weighted by atomic mass is 19.4. The van der Waals surface area contributed by atoms with Gasteiger partial charge < -0.3 is 10.7 Å². The highest BCUT2D eigenvalue weighted by Crippen LogP contribution is 2.28. The second-order valence-corrected chi connectivity index (χ2v) is 4.26. The van der Waals surface area contributed by atoms with E-state index in [0.717, 1.165) is 11.1 Å². The third-order valence-corrected chi connectivity index (χ3v) is 2.74. The summed E-state index contributed by atoms with van der Waals surface area (Å²) >= 11 is 0. The number of aryl methyl sites for hydroxylation is 1. The fraction of sp³-hybridized carbons (Fsp3) is 0.250. The largest absolute Gasteiger partial charge is 0.451 e. The number of rotatable bonds is 4. The van der Waals surface area contributed by atoms with Gasteiger partial charge in [0.1, 0.15) is 11.6 Å². The number of hydrogen-bond donors (Lipinski definition) is 3. The summed E-state index contributed by atoms with van der Waals surface area (Å²) < 4.78 is 38.0. The van der Waals surface area contributed by atoms with Gasteiger partial charge in [0.2, 0.25) is 5.82 Å². The number of nitrogens with zero attached hydrogens (tertiary/aromatic N) is 3. The van der Waals surface area contributed by atoms with Crippen LogP contribution in [0.3, 0.4) is 0 Å². The first-order valence-electron chi connectivity index (χ1n) is 5.96. The molecule has 0 spiro atoms. The van der Waals surface area contributed by atoms with E-state index in [1.807, 2.05) is 13.0 Å². The minimum absolute atomic E-state index is 0.0218. The van der Waals surface area contributed by atoms with Crippen LogP contribution in [0.25, 0.3) is 0 Å². The van der Waals surface area contributed by atoms with Crippen molar-refractivity contribution < 1.29 is 13.2 Å². The summed E-state index contributed by atoms with van der Waals surface area (Å²) in [6, 6.07) is 3.10. The summed E-state index contributed by atoms with van der Waals surface area (Å²) in [6.45, 7) is 2.17. The number of alkyl halides is 3. The Bertz CT molecular complexity index is 629. The van der Waals surface area contributed by atoms with Crippen LogP contribution in [0.15, 0.2) is 24.5 Å². The van der Waals surface area contributed by atoms with Crippen LogP contribution in [0.1, 0.15) is 17.0 Å². The van der Waals surface area contributed by atoms with Gasteiger partial charge >= 0.3 is 6.18 Å². The summed E-state index contributed by atoms with van der Waals surface area (Å²) in [6.07, 6.45) is -1.37. The molecule has 9 heteroatoms. The van der Waals surface area contributed by atoms with E-state index >= 15 is 0 Å². The Morgan fingerprint density at radius 3 is 2.57 bits per heavy atom. The van der Waals surface area contributed by atoms with E-state index in [4.69, 9.17) is 5.84 Å². The van der Waals surface area contributed by atoms with E-state index in [2.05, 4.69) is 25.7 Å². The minimum Gasteiger partial charge on any atom is -0.366 e. The van der Waals surface area contributed by atoms with Crippen LogP contribution in [0, 0.1) is 6.92 Å². The Labute approximate surface area is 118 Å². The van der Waals surface area contributed by atoms with Crippen molar-refractivity contribution in [3.05, 3.63) is 41.5 Å². The first-order valence-corrected chi connectivity index (χ1v) is 5.96. The maximum absolute atomic E-state index is 12.7. The van der Waals surface area contributed by atoms with Gasteiger partial charge in [0.05, 0.1) is 0 Å². The van der Waals surface area contributed by atoms with Gasteiger partial charge in [-0.2, -0.15) is 13.2 Å². The average Bonchev–Trinajstić information content (AvgIpc) is 2.45. The summed E-state index contributed by atoms with van der Waals surface area (Å²) in [7, 11) is 0. The summed E-state index contributed by atoms with van der Waals surface area (Å²) in [5, 5.41) is 2.80. The number of halogens is 3. The molecule has 0 aliphatic rings. The monoisotopic (exact) mass is 298 g/mol. The molecule has 6 nitrogen and oxygen atoms in total. The van der Waals surface area contributed by atoms with E-state index in [0.29, 0.717) is 0 Å². The van der Waals surface area contributed by atoms with E-state index in [1.54, 1.807) is 12.4 Å². The van der Waals surface area contributed by atoms with Gasteiger partial charge in [-0.05, 0) is 24.1 Å². The number of hydrogen-bond acceptors (Lipinski definition) is 6. The quantitative estimate of drug-likeness (QED) is 0.591. The highest BCUT2D eigenvalue weighted by Gasteiger charge is 2.35. The number of aromatic nitrogens is 3. The zero-order valence-corrected chi connectivity index (χ0v) is 11.1. The molecule has 0 atom stereocenters. The molecule has 2 aromatic rings. The van der Waals surface area contributed by atoms with Crippen molar-refractivity contribution in [3.63, 3.8) is 0 Å². The van der Waals surface area contributed by atoms with E-state index in [1.165, 1.54) is 6.07 Å². The van der Waals surface area contributed by atoms with Gasteiger partial charge in [-0.25, -0.2) is 15.8 Å². The third-order valence-electron chi connectivity index (χ3n) is 2.74. The SMILES string of the molecule is Cc1ccncc1CNc1cc(NN)nc(C(F)(F)F)n1. The first-order chi connectivity index (χ1) is 9.90. The predicted molar refractivity (Wildman–Crippen MR) is 71.1 cm³/mol.